The molecule has 0 spiro atoms. The molecule has 0 saturated carbocycles. The first-order valence-corrected chi connectivity index (χ1v) is 8.67. The number of ether oxygens (including phenoxy) is 1. The summed E-state index contributed by atoms with van der Waals surface area (Å²) < 4.78 is 5.72. The average molecular weight is 297 g/mol. The number of nitrogens with one attached hydrogen (secondary N) is 1. The van der Waals surface area contributed by atoms with Gasteiger partial charge in [0.15, 0.2) is 0 Å². The highest BCUT2D eigenvalue weighted by Gasteiger charge is 2.18. The Morgan fingerprint density at radius 1 is 1.29 bits per heavy atom. The van der Waals surface area contributed by atoms with E-state index in [1.54, 1.807) is 0 Å². The summed E-state index contributed by atoms with van der Waals surface area (Å²) in [4.78, 5) is 0. The monoisotopic (exact) mass is 297 g/mol. The van der Waals surface area contributed by atoms with Gasteiger partial charge in [0.25, 0.3) is 0 Å². The summed E-state index contributed by atoms with van der Waals surface area (Å²) in [5.74, 6) is 2.04. The zero-order chi connectivity index (χ0) is 15.7. The molecule has 2 N–H and O–H groups in total. The predicted molar refractivity (Wildman–Crippen MR) is 89.4 cm³/mol. The van der Waals surface area contributed by atoms with Crippen molar-refractivity contribution in [2.45, 2.75) is 65.5 Å². The molecule has 5 atom stereocenters. The van der Waals surface area contributed by atoms with Crippen LogP contribution in [0.3, 0.4) is 0 Å². The van der Waals surface area contributed by atoms with Crippen molar-refractivity contribution in [1.29, 1.82) is 0 Å². The number of aliphatic hydroxyl groups excluding tert-OH is 1. The topological polar surface area (TPSA) is 41.5 Å². The van der Waals surface area contributed by atoms with Gasteiger partial charge in [-0.05, 0) is 43.9 Å². The second-order valence-corrected chi connectivity index (χ2v) is 6.93. The Morgan fingerprint density at radius 2 is 2.00 bits per heavy atom. The van der Waals surface area contributed by atoms with Crippen molar-refractivity contribution in [3.8, 4) is 0 Å². The van der Waals surface area contributed by atoms with Gasteiger partial charge in [0.2, 0.25) is 0 Å². The van der Waals surface area contributed by atoms with Crippen molar-refractivity contribution in [2.75, 3.05) is 19.8 Å². The predicted octanol–water partition coefficient (Wildman–Crippen LogP) is 3.38. The number of hydrogen-bond donors (Lipinski definition) is 2. The zero-order valence-corrected chi connectivity index (χ0v) is 14.3. The Hall–Kier alpha value is -0.380. The van der Waals surface area contributed by atoms with Crippen LogP contribution in [0.25, 0.3) is 0 Å². The SMILES string of the molecule is CCC(C)CC(C)NCC(O)COCC1CC=CCC1C. The first kappa shape index (κ1) is 18.7. The number of allylic oxidation sites excluding steroid dienone is 2. The maximum absolute atomic E-state index is 9.98. The molecule has 0 saturated heterocycles. The van der Waals surface area contributed by atoms with Crippen molar-refractivity contribution in [3.63, 3.8) is 0 Å². The molecule has 0 aromatic carbocycles. The van der Waals surface area contributed by atoms with Crippen molar-refractivity contribution in [1.82, 2.24) is 5.32 Å². The fourth-order valence-electron chi connectivity index (χ4n) is 2.84. The normalized spacial score (nSPS) is 26.5. The molecule has 124 valence electrons. The highest BCUT2D eigenvalue weighted by molar-refractivity contribution is 4.93. The molecule has 3 heteroatoms. The van der Waals surface area contributed by atoms with Gasteiger partial charge in [0, 0.05) is 12.6 Å². The van der Waals surface area contributed by atoms with E-state index in [0.29, 0.717) is 31.0 Å². The van der Waals surface area contributed by atoms with E-state index in [1.807, 2.05) is 0 Å². The Morgan fingerprint density at radius 3 is 2.67 bits per heavy atom. The van der Waals surface area contributed by atoms with Gasteiger partial charge in [-0.2, -0.15) is 0 Å². The lowest BCUT2D eigenvalue weighted by molar-refractivity contribution is 0.0118. The Kier molecular flexibility index (Phi) is 9.21. The second kappa shape index (κ2) is 10.4. The molecule has 3 nitrogen and oxygen atoms in total. The standard InChI is InChI=1S/C18H35NO2/c1-5-14(2)10-16(4)19-11-18(20)13-21-12-17-9-7-6-8-15(17)3/h6-7,14-20H,5,8-13H2,1-4H3. The molecule has 0 aromatic rings. The fraction of sp³-hybridized carbons (Fsp3) is 0.889. The third-order valence-electron chi connectivity index (χ3n) is 4.72. The molecule has 5 unspecified atom stereocenters. The molecule has 0 heterocycles. The Balaban J connectivity index is 2.08. The summed E-state index contributed by atoms with van der Waals surface area (Å²) in [7, 11) is 0. The molecule has 0 fully saturated rings. The van der Waals surface area contributed by atoms with Crippen LogP contribution in [-0.2, 0) is 4.74 Å². The molecule has 21 heavy (non-hydrogen) atoms. The summed E-state index contributed by atoms with van der Waals surface area (Å²) in [5, 5.41) is 13.4. The first-order chi connectivity index (χ1) is 10.0. The van der Waals surface area contributed by atoms with E-state index in [1.165, 1.54) is 6.42 Å². The highest BCUT2D eigenvalue weighted by atomic mass is 16.5. The van der Waals surface area contributed by atoms with Gasteiger partial charge in [-0.15, -0.1) is 0 Å². The van der Waals surface area contributed by atoms with E-state index < -0.39 is 6.10 Å². The molecule has 0 bridgehead atoms. The molecule has 1 aliphatic carbocycles. The van der Waals surface area contributed by atoms with E-state index in [4.69, 9.17) is 4.74 Å². The van der Waals surface area contributed by atoms with Crippen LogP contribution in [0.4, 0.5) is 0 Å². The van der Waals surface area contributed by atoms with Gasteiger partial charge in [0.1, 0.15) is 0 Å². The second-order valence-electron chi connectivity index (χ2n) is 6.93. The van der Waals surface area contributed by atoms with Crippen molar-refractivity contribution < 1.29 is 9.84 Å². The van der Waals surface area contributed by atoms with Crippen LogP contribution in [0.1, 0.15) is 53.4 Å². The summed E-state index contributed by atoms with van der Waals surface area (Å²) >= 11 is 0. The fourth-order valence-corrected chi connectivity index (χ4v) is 2.84. The van der Waals surface area contributed by atoms with Gasteiger partial charge in [0.05, 0.1) is 19.3 Å². The van der Waals surface area contributed by atoms with Crippen LogP contribution >= 0.6 is 0 Å². The number of rotatable bonds is 10. The van der Waals surface area contributed by atoms with Crippen LogP contribution in [0.2, 0.25) is 0 Å². The van der Waals surface area contributed by atoms with Gasteiger partial charge in [-0.25, -0.2) is 0 Å². The summed E-state index contributed by atoms with van der Waals surface area (Å²) in [6, 6.07) is 0.457. The van der Waals surface area contributed by atoms with Crippen LogP contribution in [0.5, 0.6) is 0 Å². The van der Waals surface area contributed by atoms with E-state index in [2.05, 4.69) is 45.2 Å². The smallest absolute Gasteiger partial charge is 0.0897 e. The first-order valence-electron chi connectivity index (χ1n) is 8.67. The quantitative estimate of drug-likeness (QED) is 0.607. The average Bonchev–Trinajstić information content (AvgIpc) is 2.47. The van der Waals surface area contributed by atoms with Gasteiger partial charge in [-0.3, -0.25) is 0 Å². The molecule has 1 rings (SSSR count). The summed E-state index contributed by atoms with van der Waals surface area (Å²) in [6.45, 7) is 10.8. The Labute approximate surface area is 131 Å². The highest BCUT2D eigenvalue weighted by Crippen LogP contribution is 2.24. The minimum absolute atomic E-state index is 0.404. The zero-order valence-electron chi connectivity index (χ0n) is 14.3. The third-order valence-corrected chi connectivity index (χ3v) is 4.72. The maximum atomic E-state index is 9.98. The molecular weight excluding hydrogens is 262 g/mol. The van der Waals surface area contributed by atoms with Crippen LogP contribution in [0, 0.1) is 17.8 Å². The Bertz CT molecular complexity index is 293. The van der Waals surface area contributed by atoms with E-state index in [-0.39, 0.29) is 0 Å². The molecule has 0 aliphatic heterocycles. The summed E-state index contributed by atoms with van der Waals surface area (Å²) in [5.41, 5.74) is 0. The maximum Gasteiger partial charge on any atom is 0.0897 e. The van der Waals surface area contributed by atoms with Crippen LogP contribution in [-0.4, -0.2) is 37.0 Å². The molecule has 0 radical (unpaired) electrons. The lowest BCUT2D eigenvalue weighted by Gasteiger charge is -2.25. The largest absolute Gasteiger partial charge is 0.389 e. The van der Waals surface area contributed by atoms with Crippen molar-refractivity contribution in [2.24, 2.45) is 17.8 Å². The molecule has 0 amide bonds. The van der Waals surface area contributed by atoms with Crippen LogP contribution in [0.15, 0.2) is 12.2 Å². The molecular formula is C18H35NO2. The lowest BCUT2D eigenvalue weighted by atomic mass is 9.85. The van der Waals surface area contributed by atoms with Crippen molar-refractivity contribution in [3.05, 3.63) is 12.2 Å². The van der Waals surface area contributed by atoms with Gasteiger partial charge in [-0.1, -0.05) is 39.3 Å². The minimum Gasteiger partial charge on any atom is -0.389 e. The lowest BCUT2D eigenvalue weighted by Crippen LogP contribution is -2.37. The van der Waals surface area contributed by atoms with E-state index in [9.17, 15) is 5.11 Å². The third kappa shape index (κ3) is 7.98. The van der Waals surface area contributed by atoms with Crippen LogP contribution < -0.4 is 5.32 Å². The summed E-state index contributed by atoms with van der Waals surface area (Å²) in [6.07, 6.45) is 8.76. The van der Waals surface area contributed by atoms with Gasteiger partial charge >= 0.3 is 0 Å². The molecule has 0 aromatic heterocycles. The molecule has 1 aliphatic rings. The minimum atomic E-state index is -0.404. The van der Waals surface area contributed by atoms with E-state index in [0.717, 1.165) is 31.8 Å². The van der Waals surface area contributed by atoms with Gasteiger partial charge < -0.3 is 15.2 Å². The number of aliphatic hydroxyl groups is 1. The number of hydrogen-bond acceptors (Lipinski definition) is 3. The van der Waals surface area contributed by atoms with Crippen molar-refractivity contribution >= 4 is 0 Å². The van der Waals surface area contributed by atoms with E-state index >= 15 is 0 Å².